The molecule has 0 fully saturated rings. The third kappa shape index (κ3) is 4.61. The standard InChI is InChI=1S/C21H17N5O2S/c27-19(10-12-26-14-22-20-18(21(26)28)11-13-29-20)23-15-6-8-17(9-7-15)25-24-16-4-2-1-3-5-16/h1-9,11,13-14H,10,12H2,(H,23,27). The second-order valence-electron chi connectivity index (χ2n) is 6.26. The van der Waals surface area contributed by atoms with Gasteiger partial charge in [-0.2, -0.15) is 10.2 Å². The highest BCUT2D eigenvalue weighted by molar-refractivity contribution is 7.16. The van der Waals surface area contributed by atoms with Crippen LogP contribution in [-0.4, -0.2) is 15.5 Å². The molecule has 0 aliphatic carbocycles. The Kier molecular flexibility index (Phi) is 5.53. The normalized spacial score (nSPS) is 11.2. The molecule has 4 rings (SSSR count). The number of anilines is 1. The maximum Gasteiger partial charge on any atom is 0.262 e. The number of fused-ring (bicyclic) bond motifs is 1. The predicted molar refractivity (Wildman–Crippen MR) is 114 cm³/mol. The Labute approximate surface area is 170 Å². The lowest BCUT2D eigenvalue weighted by molar-refractivity contribution is -0.116. The summed E-state index contributed by atoms with van der Waals surface area (Å²) in [7, 11) is 0. The van der Waals surface area contributed by atoms with Gasteiger partial charge in [0, 0.05) is 18.7 Å². The summed E-state index contributed by atoms with van der Waals surface area (Å²) in [5.74, 6) is -0.180. The number of thiophene rings is 1. The Morgan fingerprint density at radius 1 is 1.00 bits per heavy atom. The monoisotopic (exact) mass is 403 g/mol. The minimum absolute atomic E-state index is 0.128. The quantitative estimate of drug-likeness (QED) is 0.464. The van der Waals surface area contributed by atoms with E-state index in [0.717, 1.165) is 5.69 Å². The Morgan fingerprint density at radius 3 is 2.48 bits per heavy atom. The fraction of sp³-hybridized carbons (Fsp3) is 0.0952. The Bertz CT molecular complexity index is 1210. The summed E-state index contributed by atoms with van der Waals surface area (Å²) in [5, 5.41) is 13.6. The molecule has 2 aromatic heterocycles. The fourth-order valence-electron chi connectivity index (χ4n) is 2.72. The zero-order valence-electron chi connectivity index (χ0n) is 15.4. The molecule has 0 unspecified atom stereocenters. The third-order valence-corrected chi connectivity index (χ3v) is 5.04. The van der Waals surface area contributed by atoms with Crippen molar-refractivity contribution in [3.63, 3.8) is 0 Å². The number of rotatable bonds is 6. The molecule has 29 heavy (non-hydrogen) atoms. The van der Waals surface area contributed by atoms with Crippen molar-refractivity contribution in [3.8, 4) is 0 Å². The van der Waals surface area contributed by atoms with Gasteiger partial charge in [0.15, 0.2) is 0 Å². The van der Waals surface area contributed by atoms with Crippen LogP contribution in [0.3, 0.4) is 0 Å². The van der Waals surface area contributed by atoms with Gasteiger partial charge < -0.3 is 5.32 Å². The molecule has 0 spiro atoms. The number of aryl methyl sites for hydroxylation is 1. The second kappa shape index (κ2) is 8.57. The van der Waals surface area contributed by atoms with Gasteiger partial charge in [0.1, 0.15) is 4.83 Å². The van der Waals surface area contributed by atoms with Crippen molar-refractivity contribution >= 4 is 44.5 Å². The first-order chi connectivity index (χ1) is 14.2. The molecule has 0 radical (unpaired) electrons. The molecule has 4 aromatic rings. The molecular formula is C21H17N5O2S. The zero-order valence-corrected chi connectivity index (χ0v) is 16.2. The largest absolute Gasteiger partial charge is 0.326 e. The average Bonchev–Trinajstić information content (AvgIpc) is 3.23. The Morgan fingerprint density at radius 2 is 1.72 bits per heavy atom. The molecular weight excluding hydrogens is 386 g/mol. The fourth-order valence-corrected chi connectivity index (χ4v) is 3.44. The molecule has 0 aliphatic heterocycles. The van der Waals surface area contributed by atoms with Crippen molar-refractivity contribution in [1.29, 1.82) is 0 Å². The van der Waals surface area contributed by atoms with Gasteiger partial charge >= 0.3 is 0 Å². The van der Waals surface area contributed by atoms with Gasteiger partial charge in [0.25, 0.3) is 5.56 Å². The number of nitrogens with zero attached hydrogens (tertiary/aromatic N) is 4. The molecule has 0 saturated carbocycles. The molecule has 0 bridgehead atoms. The van der Waals surface area contributed by atoms with E-state index >= 15 is 0 Å². The van der Waals surface area contributed by atoms with Crippen molar-refractivity contribution < 1.29 is 4.79 Å². The number of hydrogen-bond acceptors (Lipinski definition) is 6. The number of aromatic nitrogens is 2. The van der Waals surface area contributed by atoms with Gasteiger partial charge in [-0.25, -0.2) is 4.98 Å². The summed E-state index contributed by atoms with van der Waals surface area (Å²) in [4.78, 5) is 29.5. The highest BCUT2D eigenvalue weighted by Gasteiger charge is 2.08. The molecule has 0 saturated heterocycles. The summed E-state index contributed by atoms with van der Waals surface area (Å²) in [6, 6.07) is 18.3. The number of carbonyl (C=O) groups is 1. The summed E-state index contributed by atoms with van der Waals surface area (Å²) >= 11 is 1.42. The SMILES string of the molecule is O=C(CCn1cnc2sccc2c1=O)Nc1ccc(N=Nc2ccccc2)cc1. The van der Waals surface area contributed by atoms with Crippen LogP contribution in [0.25, 0.3) is 10.2 Å². The number of carbonyl (C=O) groups excluding carboxylic acids is 1. The van der Waals surface area contributed by atoms with E-state index in [2.05, 4.69) is 20.5 Å². The van der Waals surface area contributed by atoms with E-state index in [9.17, 15) is 9.59 Å². The lowest BCUT2D eigenvalue weighted by Crippen LogP contribution is -2.23. The van der Waals surface area contributed by atoms with Gasteiger partial charge in [-0.15, -0.1) is 11.3 Å². The first kappa shape index (κ1) is 18.7. The van der Waals surface area contributed by atoms with Crippen molar-refractivity contribution in [1.82, 2.24) is 9.55 Å². The summed E-state index contributed by atoms with van der Waals surface area (Å²) in [6.45, 7) is 0.271. The van der Waals surface area contributed by atoms with Crippen LogP contribution in [0.15, 0.2) is 87.4 Å². The minimum atomic E-state index is -0.180. The van der Waals surface area contributed by atoms with Crippen LogP contribution in [0.1, 0.15) is 6.42 Å². The summed E-state index contributed by atoms with van der Waals surface area (Å²) < 4.78 is 1.46. The van der Waals surface area contributed by atoms with Crippen LogP contribution in [0.2, 0.25) is 0 Å². The Balaban J connectivity index is 1.34. The van der Waals surface area contributed by atoms with Crippen LogP contribution >= 0.6 is 11.3 Å². The topological polar surface area (TPSA) is 88.7 Å². The van der Waals surface area contributed by atoms with Gasteiger partial charge in [-0.1, -0.05) is 18.2 Å². The summed E-state index contributed by atoms with van der Waals surface area (Å²) in [5.41, 5.74) is 1.99. The number of benzene rings is 2. The van der Waals surface area contributed by atoms with Crippen LogP contribution < -0.4 is 10.9 Å². The minimum Gasteiger partial charge on any atom is -0.326 e. The van der Waals surface area contributed by atoms with Crippen LogP contribution in [0.4, 0.5) is 17.1 Å². The number of nitrogens with one attached hydrogen (secondary N) is 1. The van der Waals surface area contributed by atoms with E-state index in [1.807, 2.05) is 35.7 Å². The molecule has 2 heterocycles. The number of hydrogen-bond donors (Lipinski definition) is 1. The smallest absolute Gasteiger partial charge is 0.262 e. The van der Waals surface area contributed by atoms with E-state index < -0.39 is 0 Å². The zero-order chi connectivity index (χ0) is 20.1. The van der Waals surface area contributed by atoms with E-state index in [0.29, 0.717) is 21.6 Å². The lowest BCUT2D eigenvalue weighted by atomic mass is 10.2. The van der Waals surface area contributed by atoms with E-state index in [1.54, 1.807) is 30.3 Å². The van der Waals surface area contributed by atoms with Crippen molar-refractivity contribution in [2.45, 2.75) is 13.0 Å². The van der Waals surface area contributed by atoms with Crippen LogP contribution in [-0.2, 0) is 11.3 Å². The van der Waals surface area contributed by atoms with Crippen molar-refractivity contribution in [2.24, 2.45) is 10.2 Å². The average molecular weight is 403 g/mol. The highest BCUT2D eigenvalue weighted by atomic mass is 32.1. The first-order valence-corrected chi connectivity index (χ1v) is 9.86. The molecule has 7 nitrogen and oxygen atoms in total. The third-order valence-electron chi connectivity index (χ3n) is 4.22. The molecule has 0 aliphatic rings. The lowest BCUT2D eigenvalue weighted by Gasteiger charge is -2.07. The van der Waals surface area contributed by atoms with E-state index in [1.165, 1.54) is 22.2 Å². The predicted octanol–water partition coefficient (Wildman–Crippen LogP) is 4.90. The van der Waals surface area contributed by atoms with Crippen molar-refractivity contribution in [3.05, 3.63) is 82.7 Å². The maximum atomic E-state index is 12.3. The Hall–Kier alpha value is -3.65. The number of azo groups is 1. The molecule has 2 aromatic carbocycles. The maximum absolute atomic E-state index is 12.3. The van der Waals surface area contributed by atoms with E-state index in [-0.39, 0.29) is 24.4 Å². The van der Waals surface area contributed by atoms with Crippen molar-refractivity contribution in [2.75, 3.05) is 5.32 Å². The van der Waals surface area contributed by atoms with Gasteiger partial charge in [0.2, 0.25) is 5.91 Å². The molecule has 8 heteroatoms. The first-order valence-electron chi connectivity index (χ1n) is 8.98. The van der Waals surface area contributed by atoms with Gasteiger partial charge in [0.05, 0.1) is 23.1 Å². The van der Waals surface area contributed by atoms with Gasteiger partial charge in [-0.05, 0) is 47.8 Å². The van der Waals surface area contributed by atoms with Crippen LogP contribution in [0.5, 0.6) is 0 Å². The van der Waals surface area contributed by atoms with Crippen LogP contribution in [0, 0.1) is 0 Å². The molecule has 1 N–H and O–H groups in total. The molecule has 1 amide bonds. The highest BCUT2D eigenvalue weighted by Crippen LogP contribution is 2.20. The molecule has 144 valence electrons. The summed E-state index contributed by atoms with van der Waals surface area (Å²) in [6.07, 6.45) is 1.66. The van der Waals surface area contributed by atoms with E-state index in [4.69, 9.17) is 0 Å². The van der Waals surface area contributed by atoms with Gasteiger partial charge in [-0.3, -0.25) is 14.2 Å². The molecule has 0 atom stereocenters. The number of amides is 1. The second-order valence-corrected chi connectivity index (χ2v) is 7.16.